The Morgan fingerprint density at radius 2 is 2.07 bits per heavy atom. The molecule has 2 aromatic rings. The number of rotatable bonds is 9. The predicted molar refractivity (Wildman–Crippen MR) is 118 cm³/mol. The molecule has 3 atom stereocenters. The highest BCUT2D eigenvalue weighted by Crippen LogP contribution is 2.27. The summed E-state index contributed by atoms with van der Waals surface area (Å²) in [5.41, 5.74) is 3.33. The van der Waals surface area contributed by atoms with Crippen molar-refractivity contribution in [2.45, 2.75) is 57.8 Å². The van der Waals surface area contributed by atoms with E-state index < -0.39 is 12.2 Å². The number of fused-ring (bicyclic) bond motifs is 1. The minimum atomic E-state index is -0.602. The Hall–Kier alpha value is -2.08. The molecule has 30 heavy (non-hydrogen) atoms. The number of aliphatic hydroxyl groups is 1. The third-order valence-corrected chi connectivity index (χ3v) is 5.67. The van der Waals surface area contributed by atoms with E-state index in [-0.39, 0.29) is 12.0 Å². The molecule has 162 valence electrons. The van der Waals surface area contributed by atoms with Crippen LogP contribution in [0.1, 0.15) is 49.5 Å². The summed E-state index contributed by atoms with van der Waals surface area (Å²) in [6, 6.07) is 13.6. The zero-order chi connectivity index (χ0) is 21.5. The van der Waals surface area contributed by atoms with Gasteiger partial charge in [0.25, 0.3) is 0 Å². The molecule has 0 fully saturated rings. The van der Waals surface area contributed by atoms with Crippen molar-refractivity contribution < 1.29 is 19.4 Å². The number of nitrogens with one attached hydrogen (secondary N) is 1. The van der Waals surface area contributed by atoms with Crippen LogP contribution in [0.2, 0.25) is 5.02 Å². The summed E-state index contributed by atoms with van der Waals surface area (Å²) in [7, 11) is 0. The van der Waals surface area contributed by atoms with Crippen LogP contribution in [0.25, 0.3) is 0 Å². The molecule has 3 unspecified atom stereocenters. The van der Waals surface area contributed by atoms with E-state index in [0.717, 1.165) is 24.8 Å². The second kappa shape index (κ2) is 10.8. The lowest BCUT2D eigenvalue weighted by molar-refractivity contribution is -0.151. The fraction of sp³-hybridized carbons (Fsp3) is 0.458. The summed E-state index contributed by atoms with van der Waals surface area (Å²) in [5, 5.41) is 14.6. The fourth-order valence-electron chi connectivity index (χ4n) is 3.79. The molecule has 0 radical (unpaired) electrons. The van der Waals surface area contributed by atoms with Gasteiger partial charge < -0.3 is 19.9 Å². The highest BCUT2D eigenvalue weighted by atomic mass is 35.5. The largest absolute Gasteiger partial charge is 0.479 e. The van der Waals surface area contributed by atoms with Crippen LogP contribution >= 0.6 is 11.6 Å². The Balaban J connectivity index is 1.59. The van der Waals surface area contributed by atoms with Crippen molar-refractivity contribution in [3.8, 4) is 5.75 Å². The van der Waals surface area contributed by atoms with E-state index in [1.54, 1.807) is 19.1 Å². The second-order valence-electron chi connectivity index (χ2n) is 7.62. The molecular formula is C24H30ClNO4. The summed E-state index contributed by atoms with van der Waals surface area (Å²) in [4.78, 5) is 12.0. The van der Waals surface area contributed by atoms with Gasteiger partial charge in [-0.2, -0.15) is 0 Å². The number of esters is 1. The number of ether oxygens (including phenoxy) is 2. The monoisotopic (exact) mass is 431 g/mol. The first kappa shape index (κ1) is 22.6. The summed E-state index contributed by atoms with van der Waals surface area (Å²) < 4.78 is 11.0. The minimum absolute atomic E-state index is 0.272. The molecular weight excluding hydrogens is 402 g/mol. The molecule has 6 heteroatoms. The van der Waals surface area contributed by atoms with Gasteiger partial charge in [0.1, 0.15) is 5.75 Å². The van der Waals surface area contributed by atoms with Gasteiger partial charge in [-0.15, -0.1) is 0 Å². The van der Waals surface area contributed by atoms with E-state index in [1.165, 1.54) is 11.1 Å². The van der Waals surface area contributed by atoms with E-state index in [9.17, 15) is 9.90 Å². The van der Waals surface area contributed by atoms with Crippen molar-refractivity contribution in [3.63, 3.8) is 0 Å². The highest BCUT2D eigenvalue weighted by molar-refractivity contribution is 6.30. The SMILES string of the molecule is CCOC(=O)C(CC)Oc1ccc2c(c1)CC(NCC(O)c1cccc(Cl)c1)CC2. The molecule has 0 heterocycles. The number of hydrogen-bond donors (Lipinski definition) is 2. The van der Waals surface area contributed by atoms with Crippen LogP contribution < -0.4 is 10.1 Å². The standard InChI is InChI=1S/C24H30ClNO4/c1-3-23(24(28)29-4-2)30-21-11-9-16-8-10-20(13-18(16)14-21)26-15-22(27)17-6-5-7-19(25)12-17/h5-7,9,11-12,14,20,22-23,26-27H,3-4,8,10,13,15H2,1-2H3. The molecule has 0 spiro atoms. The average Bonchev–Trinajstić information content (AvgIpc) is 2.75. The molecule has 0 saturated heterocycles. The Kier molecular flexibility index (Phi) is 8.14. The van der Waals surface area contributed by atoms with Gasteiger partial charge in [-0.3, -0.25) is 0 Å². The van der Waals surface area contributed by atoms with E-state index in [1.807, 2.05) is 31.2 Å². The van der Waals surface area contributed by atoms with E-state index in [4.69, 9.17) is 21.1 Å². The first-order valence-corrected chi connectivity index (χ1v) is 11.0. The van der Waals surface area contributed by atoms with Crippen molar-refractivity contribution in [1.29, 1.82) is 0 Å². The smallest absolute Gasteiger partial charge is 0.347 e. The lowest BCUT2D eigenvalue weighted by Gasteiger charge is -2.27. The quantitative estimate of drug-likeness (QED) is 0.581. The van der Waals surface area contributed by atoms with Crippen molar-refractivity contribution in [3.05, 3.63) is 64.2 Å². The maximum atomic E-state index is 12.0. The molecule has 0 amide bonds. The van der Waals surface area contributed by atoms with Crippen LogP contribution in [0.15, 0.2) is 42.5 Å². The maximum Gasteiger partial charge on any atom is 0.347 e. The maximum absolute atomic E-state index is 12.0. The lowest BCUT2D eigenvalue weighted by Crippen LogP contribution is -2.37. The minimum Gasteiger partial charge on any atom is -0.479 e. The highest BCUT2D eigenvalue weighted by Gasteiger charge is 2.23. The molecule has 2 N–H and O–H groups in total. The normalized spacial score (nSPS) is 17.7. The number of benzene rings is 2. The third-order valence-electron chi connectivity index (χ3n) is 5.44. The van der Waals surface area contributed by atoms with E-state index in [2.05, 4.69) is 11.4 Å². The zero-order valence-electron chi connectivity index (χ0n) is 17.6. The van der Waals surface area contributed by atoms with Gasteiger partial charge in [-0.25, -0.2) is 4.79 Å². The van der Waals surface area contributed by atoms with Gasteiger partial charge in [0.05, 0.1) is 12.7 Å². The summed E-state index contributed by atoms with van der Waals surface area (Å²) in [5.74, 6) is 0.362. The van der Waals surface area contributed by atoms with E-state index in [0.29, 0.717) is 30.3 Å². The number of carbonyl (C=O) groups is 1. The molecule has 0 aliphatic heterocycles. The Labute approximate surface area is 183 Å². The summed E-state index contributed by atoms with van der Waals surface area (Å²) in [6.07, 6.45) is 2.20. The van der Waals surface area contributed by atoms with Gasteiger partial charge >= 0.3 is 5.97 Å². The van der Waals surface area contributed by atoms with Gasteiger partial charge in [0.15, 0.2) is 6.10 Å². The topological polar surface area (TPSA) is 67.8 Å². The summed E-state index contributed by atoms with van der Waals surface area (Å²) >= 11 is 6.02. The van der Waals surface area contributed by atoms with Gasteiger partial charge in [0, 0.05) is 17.6 Å². The van der Waals surface area contributed by atoms with Crippen LogP contribution in [-0.2, 0) is 22.4 Å². The van der Waals surface area contributed by atoms with Crippen LogP contribution in [0.4, 0.5) is 0 Å². The van der Waals surface area contributed by atoms with Gasteiger partial charge in [0.2, 0.25) is 0 Å². The van der Waals surface area contributed by atoms with Crippen molar-refractivity contribution >= 4 is 17.6 Å². The lowest BCUT2D eigenvalue weighted by atomic mass is 9.88. The van der Waals surface area contributed by atoms with Crippen LogP contribution in [-0.4, -0.2) is 36.4 Å². The number of aryl methyl sites for hydroxylation is 1. The van der Waals surface area contributed by atoms with Crippen molar-refractivity contribution in [2.75, 3.05) is 13.2 Å². The van der Waals surface area contributed by atoms with Crippen molar-refractivity contribution in [2.24, 2.45) is 0 Å². The van der Waals surface area contributed by atoms with Crippen LogP contribution in [0, 0.1) is 0 Å². The van der Waals surface area contributed by atoms with Crippen molar-refractivity contribution in [1.82, 2.24) is 5.32 Å². The molecule has 1 aliphatic carbocycles. The number of hydrogen-bond acceptors (Lipinski definition) is 5. The number of aliphatic hydroxyl groups excluding tert-OH is 1. The molecule has 3 rings (SSSR count). The Morgan fingerprint density at radius 1 is 1.23 bits per heavy atom. The van der Waals surface area contributed by atoms with E-state index >= 15 is 0 Å². The third kappa shape index (κ3) is 5.97. The molecule has 2 aromatic carbocycles. The molecule has 0 bridgehead atoms. The first-order chi connectivity index (χ1) is 14.5. The summed E-state index contributed by atoms with van der Waals surface area (Å²) in [6.45, 7) is 4.51. The fourth-order valence-corrected chi connectivity index (χ4v) is 3.99. The molecule has 1 aliphatic rings. The average molecular weight is 432 g/mol. The molecule has 5 nitrogen and oxygen atoms in total. The molecule has 0 aromatic heterocycles. The predicted octanol–water partition coefficient (Wildman–Crippen LogP) is 4.24. The second-order valence-corrected chi connectivity index (χ2v) is 8.05. The molecule has 0 saturated carbocycles. The zero-order valence-corrected chi connectivity index (χ0v) is 18.3. The Bertz CT molecular complexity index is 857. The Morgan fingerprint density at radius 3 is 2.80 bits per heavy atom. The number of carbonyl (C=O) groups excluding carboxylic acids is 1. The number of halogens is 1. The van der Waals surface area contributed by atoms with Crippen LogP contribution in [0.3, 0.4) is 0 Å². The first-order valence-electron chi connectivity index (χ1n) is 10.6. The van der Waals surface area contributed by atoms with Gasteiger partial charge in [-0.1, -0.05) is 36.7 Å². The van der Waals surface area contributed by atoms with Crippen LogP contribution in [0.5, 0.6) is 5.75 Å². The van der Waals surface area contributed by atoms with Gasteiger partial charge in [-0.05, 0) is 73.6 Å².